The minimum atomic E-state index is -3.63. The molecule has 1 amide bonds. The first-order chi connectivity index (χ1) is 12.9. The summed E-state index contributed by atoms with van der Waals surface area (Å²) in [5.74, 6) is -0.217. The Morgan fingerprint density at radius 2 is 1.74 bits per heavy atom. The molecular weight excluding hydrogens is 364 g/mol. The molecule has 6 nitrogen and oxygen atoms in total. The van der Waals surface area contributed by atoms with E-state index in [1.54, 1.807) is 24.1 Å². The summed E-state index contributed by atoms with van der Waals surface area (Å²) in [4.78, 5) is 14.7. The van der Waals surface area contributed by atoms with Crippen LogP contribution in [0.4, 0.5) is 0 Å². The van der Waals surface area contributed by atoms with Crippen molar-refractivity contribution >= 4 is 15.9 Å². The number of amides is 1. The van der Waals surface area contributed by atoms with Crippen LogP contribution in [-0.2, 0) is 14.8 Å². The summed E-state index contributed by atoms with van der Waals surface area (Å²) < 4.78 is 32.3. The van der Waals surface area contributed by atoms with Crippen LogP contribution in [0.3, 0.4) is 0 Å². The molecule has 0 aromatic heterocycles. The highest BCUT2D eigenvalue weighted by atomic mass is 32.2. The highest BCUT2D eigenvalue weighted by Crippen LogP contribution is 2.23. The number of nitrogens with zero attached hydrogens (tertiary/aromatic N) is 2. The standard InChI is InChI=1S/C20H24N2O4S/c1-16(17-7-4-3-5-8-17)21(2)20(23)18-9-6-10-19(15-18)27(24,25)22-11-13-26-14-12-22/h3-10,15-16H,11-14H2,1-2H3. The van der Waals surface area contributed by atoms with E-state index in [1.165, 1.54) is 16.4 Å². The Bertz CT molecular complexity index is 893. The Morgan fingerprint density at radius 1 is 1.07 bits per heavy atom. The number of hydrogen-bond acceptors (Lipinski definition) is 4. The molecule has 27 heavy (non-hydrogen) atoms. The van der Waals surface area contributed by atoms with E-state index in [1.807, 2.05) is 37.3 Å². The van der Waals surface area contributed by atoms with Crippen molar-refractivity contribution in [3.05, 3.63) is 65.7 Å². The number of hydrogen-bond donors (Lipinski definition) is 0. The van der Waals surface area contributed by atoms with Gasteiger partial charge in [0.1, 0.15) is 0 Å². The van der Waals surface area contributed by atoms with Gasteiger partial charge in [0.05, 0.1) is 24.2 Å². The molecule has 1 fully saturated rings. The zero-order chi connectivity index (χ0) is 19.4. The maximum atomic E-state index is 12.9. The first-order valence-electron chi connectivity index (χ1n) is 8.91. The molecule has 7 heteroatoms. The molecule has 3 rings (SSSR count). The molecule has 1 heterocycles. The summed E-state index contributed by atoms with van der Waals surface area (Å²) in [5, 5.41) is 0. The van der Waals surface area contributed by atoms with E-state index < -0.39 is 10.0 Å². The number of sulfonamides is 1. The third-order valence-electron chi connectivity index (χ3n) is 4.87. The van der Waals surface area contributed by atoms with Gasteiger partial charge < -0.3 is 9.64 Å². The van der Waals surface area contributed by atoms with E-state index in [9.17, 15) is 13.2 Å². The Kier molecular flexibility index (Phi) is 5.94. The zero-order valence-electron chi connectivity index (χ0n) is 15.5. The van der Waals surface area contributed by atoms with Crippen LogP contribution in [0.2, 0.25) is 0 Å². The lowest BCUT2D eigenvalue weighted by molar-refractivity contribution is 0.0728. The Hall–Kier alpha value is -2.22. The van der Waals surface area contributed by atoms with Gasteiger partial charge in [-0.25, -0.2) is 8.42 Å². The molecule has 1 aliphatic rings. The van der Waals surface area contributed by atoms with Crippen molar-refractivity contribution in [3.8, 4) is 0 Å². The first kappa shape index (κ1) is 19.5. The topological polar surface area (TPSA) is 66.9 Å². The lowest BCUT2D eigenvalue weighted by atomic mass is 10.1. The second-order valence-corrected chi connectivity index (χ2v) is 8.48. The van der Waals surface area contributed by atoms with Gasteiger partial charge in [0, 0.05) is 25.7 Å². The predicted molar refractivity (Wildman–Crippen MR) is 103 cm³/mol. The fourth-order valence-corrected chi connectivity index (χ4v) is 4.51. The lowest BCUT2D eigenvalue weighted by Crippen LogP contribution is -2.40. The molecule has 1 aliphatic heterocycles. The quantitative estimate of drug-likeness (QED) is 0.789. The summed E-state index contributed by atoms with van der Waals surface area (Å²) in [6, 6.07) is 15.8. The molecule has 0 N–H and O–H groups in total. The molecular formula is C20H24N2O4S. The van der Waals surface area contributed by atoms with Gasteiger partial charge in [0.15, 0.2) is 0 Å². The van der Waals surface area contributed by atoms with E-state index in [2.05, 4.69) is 0 Å². The van der Waals surface area contributed by atoms with Gasteiger partial charge in [-0.1, -0.05) is 36.4 Å². The summed E-state index contributed by atoms with van der Waals surface area (Å²) >= 11 is 0. The predicted octanol–water partition coefficient (Wildman–Crippen LogP) is 2.54. The van der Waals surface area contributed by atoms with Crippen molar-refractivity contribution in [2.45, 2.75) is 17.9 Å². The van der Waals surface area contributed by atoms with Gasteiger partial charge in [0.25, 0.3) is 5.91 Å². The molecule has 2 aromatic rings. The van der Waals surface area contributed by atoms with Crippen LogP contribution in [0.5, 0.6) is 0 Å². The number of morpholine rings is 1. The molecule has 0 radical (unpaired) electrons. The van der Waals surface area contributed by atoms with Gasteiger partial charge in [-0.2, -0.15) is 4.31 Å². The van der Waals surface area contributed by atoms with Crippen LogP contribution in [0.25, 0.3) is 0 Å². The third kappa shape index (κ3) is 4.21. The maximum Gasteiger partial charge on any atom is 0.254 e. The van der Waals surface area contributed by atoms with Crippen LogP contribution >= 0.6 is 0 Å². The average molecular weight is 388 g/mol. The number of carbonyl (C=O) groups excluding carboxylic acids is 1. The Labute approximate surface area is 160 Å². The smallest absolute Gasteiger partial charge is 0.254 e. The lowest BCUT2D eigenvalue weighted by Gasteiger charge is -2.27. The van der Waals surface area contributed by atoms with E-state index >= 15 is 0 Å². The molecule has 1 unspecified atom stereocenters. The van der Waals surface area contributed by atoms with Gasteiger partial charge in [0.2, 0.25) is 10.0 Å². The molecule has 0 bridgehead atoms. The molecule has 0 spiro atoms. The minimum absolute atomic E-state index is 0.127. The number of rotatable bonds is 5. The summed E-state index contributed by atoms with van der Waals surface area (Å²) in [6.07, 6.45) is 0. The molecule has 2 aromatic carbocycles. The van der Waals surface area contributed by atoms with Crippen LogP contribution in [-0.4, -0.2) is 56.9 Å². The SMILES string of the molecule is CC(c1ccccc1)N(C)C(=O)c1cccc(S(=O)(=O)N2CCOCC2)c1. The van der Waals surface area contributed by atoms with Crippen LogP contribution < -0.4 is 0 Å². The summed E-state index contributed by atoms with van der Waals surface area (Å²) in [5.41, 5.74) is 1.38. The number of benzene rings is 2. The van der Waals surface area contributed by atoms with Gasteiger partial charge in [-0.3, -0.25) is 4.79 Å². The van der Waals surface area contributed by atoms with E-state index in [4.69, 9.17) is 4.74 Å². The Balaban J connectivity index is 1.83. The minimum Gasteiger partial charge on any atom is -0.379 e. The zero-order valence-corrected chi connectivity index (χ0v) is 16.4. The Morgan fingerprint density at radius 3 is 2.41 bits per heavy atom. The van der Waals surface area contributed by atoms with Crippen LogP contribution in [0.15, 0.2) is 59.5 Å². The van der Waals surface area contributed by atoms with Crippen molar-refractivity contribution in [2.75, 3.05) is 33.4 Å². The average Bonchev–Trinajstić information content (AvgIpc) is 2.73. The van der Waals surface area contributed by atoms with Crippen molar-refractivity contribution < 1.29 is 17.9 Å². The van der Waals surface area contributed by atoms with E-state index in [-0.39, 0.29) is 16.8 Å². The van der Waals surface area contributed by atoms with Crippen molar-refractivity contribution in [3.63, 3.8) is 0 Å². The fourth-order valence-electron chi connectivity index (χ4n) is 3.06. The van der Waals surface area contributed by atoms with Gasteiger partial charge in [-0.15, -0.1) is 0 Å². The number of carbonyl (C=O) groups is 1. The molecule has 144 valence electrons. The third-order valence-corrected chi connectivity index (χ3v) is 6.77. The maximum absolute atomic E-state index is 12.9. The molecule has 0 saturated carbocycles. The van der Waals surface area contributed by atoms with Crippen LogP contribution in [0.1, 0.15) is 28.9 Å². The number of ether oxygens (including phenoxy) is 1. The van der Waals surface area contributed by atoms with Crippen molar-refractivity contribution in [1.82, 2.24) is 9.21 Å². The van der Waals surface area contributed by atoms with Gasteiger partial charge in [-0.05, 0) is 30.7 Å². The summed E-state index contributed by atoms with van der Waals surface area (Å²) in [7, 11) is -1.91. The van der Waals surface area contributed by atoms with E-state index in [0.29, 0.717) is 31.9 Å². The first-order valence-corrected chi connectivity index (χ1v) is 10.4. The second-order valence-electron chi connectivity index (χ2n) is 6.55. The van der Waals surface area contributed by atoms with Crippen molar-refractivity contribution in [1.29, 1.82) is 0 Å². The highest BCUT2D eigenvalue weighted by Gasteiger charge is 2.27. The molecule has 1 saturated heterocycles. The molecule has 1 atom stereocenters. The van der Waals surface area contributed by atoms with Crippen LogP contribution in [0, 0.1) is 0 Å². The largest absolute Gasteiger partial charge is 0.379 e. The van der Waals surface area contributed by atoms with Gasteiger partial charge >= 0.3 is 0 Å². The van der Waals surface area contributed by atoms with E-state index in [0.717, 1.165) is 5.56 Å². The molecule has 0 aliphatic carbocycles. The second kappa shape index (κ2) is 8.21. The fraction of sp³-hybridized carbons (Fsp3) is 0.350. The monoisotopic (exact) mass is 388 g/mol. The summed E-state index contributed by atoms with van der Waals surface area (Å²) in [6.45, 7) is 3.36. The highest BCUT2D eigenvalue weighted by molar-refractivity contribution is 7.89. The van der Waals surface area contributed by atoms with Crippen molar-refractivity contribution in [2.24, 2.45) is 0 Å². The normalized spacial score (nSPS) is 16.7.